The molecular weight excluding hydrogens is 458 g/mol. The van der Waals surface area contributed by atoms with Gasteiger partial charge in [-0.05, 0) is 31.4 Å². The number of hydrogen-bond acceptors (Lipinski definition) is 8. The van der Waals surface area contributed by atoms with Crippen LogP contribution in [0, 0.1) is 10.1 Å². The molecule has 2 fully saturated rings. The molecule has 0 spiro atoms. The summed E-state index contributed by atoms with van der Waals surface area (Å²) < 4.78 is 5.07. The summed E-state index contributed by atoms with van der Waals surface area (Å²) in [7, 11) is 0. The van der Waals surface area contributed by atoms with E-state index in [4.69, 9.17) is 4.74 Å². The number of ether oxygens (including phenoxy) is 1. The Kier molecular flexibility index (Phi) is 6.36. The maximum atomic E-state index is 12.9. The van der Waals surface area contributed by atoms with Crippen molar-refractivity contribution in [1.29, 1.82) is 0 Å². The molecule has 0 aromatic heterocycles. The number of carbonyl (C=O) groups is 4. The van der Waals surface area contributed by atoms with Gasteiger partial charge in [0.2, 0.25) is 0 Å². The number of nitrogens with zero attached hydrogens (tertiary/aromatic N) is 3. The summed E-state index contributed by atoms with van der Waals surface area (Å²) in [5, 5.41) is 14.3. The van der Waals surface area contributed by atoms with Crippen LogP contribution in [-0.4, -0.2) is 53.4 Å². The topological polar surface area (TPSA) is 151 Å². The number of nitrogens with one attached hydrogen (secondary N) is 2. The first-order valence-corrected chi connectivity index (χ1v) is 10.9. The largest absolute Gasteiger partial charge is 0.452 e. The second-order valence-corrected chi connectivity index (χ2v) is 8.33. The molecule has 2 N–H and O–H groups in total. The fourth-order valence-electron chi connectivity index (χ4n) is 4.11. The van der Waals surface area contributed by atoms with Gasteiger partial charge in [0.25, 0.3) is 17.5 Å². The lowest BCUT2D eigenvalue weighted by Crippen LogP contribution is -2.49. The average Bonchev–Trinajstić information content (AvgIpc) is 3.46. The van der Waals surface area contributed by atoms with Crippen molar-refractivity contribution in [1.82, 2.24) is 15.8 Å². The fourth-order valence-corrected chi connectivity index (χ4v) is 4.11. The smallest absolute Gasteiger partial charge is 0.344 e. The van der Waals surface area contributed by atoms with Gasteiger partial charge in [-0.2, -0.15) is 5.01 Å². The van der Waals surface area contributed by atoms with Crippen LogP contribution in [0.25, 0.3) is 0 Å². The SMILES string of the molecule is C[C@@]1(c2ccccc2)NC(=O)N(NC(=O)COC(=O)c2cc([N+](=O)[O-])ccc2N2CCCC2)C1=O. The molecule has 0 saturated carbocycles. The van der Waals surface area contributed by atoms with Crippen LogP contribution < -0.4 is 15.6 Å². The third-order valence-electron chi connectivity index (χ3n) is 5.97. The van der Waals surface area contributed by atoms with Gasteiger partial charge in [0, 0.05) is 25.2 Å². The van der Waals surface area contributed by atoms with Gasteiger partial charge in [-0.3, -0.25) is 25.1 Å². The number of urea groups is 1. The fraction of sp³-hybridized carbons (Fsp3) is 0.304. The average molecular weight is 481 g/mol. The third-order valence-corrected chi connectivity index (χ3v) is 5.97. The number of carbonyl (C=O) groups excluding carboxylic acids is 4. The lowest BCUT2D eigenvalue weighted by molar-refractivity contribution is -0.384. The zero-order chi connectivity index (χ0) is 25.2. The molecule has 2 saturated heterocycles. The zero-order valence-corrected chi connectivity index (χ0v) is 18.9. The molecule has 2 aromatic carbocycles. The van der Waals surface area contributed by atoms with Crippen molar-refractivity contribution in [2.75, 3.05) is 24.6 Å². The lowest BCUT2D eigenvalue weighted by atomic mass is 9.92. The first kappa shape index (κ1) is 23.7. The van der Waals surface area contributed by atoms with E-state index in [9.17, 15) is 29.3 Å². The quantitative estimate of drug-likeness (QED) is 0.263. The van der Waals surface area contributed by atoms with Crippen molar-refractivity contribution in [2.45, 2.75) is 25.3 Å². The van der Waals surface area contributed by atoms with Crippen LogP contribution in [0.3, 0.4) is 0 Å². The highest BCUT2D eigenvalue weighted by atomic mass is 16.6. The Hall–Kier alpha value is -4.48. The highest BCUT2D eigenvalue weighted by Gasteiger charge is 2.50. The van der Waals surface area contributed by atoms with E-state index in [1.54, 1.807) is 30.3 Å². The molecule has 1 atom stereocenters. The van der Waals surface area contributed by atoms with Gasteiger partial charge in [-0.25, -0.2) is 9.59 Å². The van der Waals surface area contributed by atoms with Crippen LogP contribution in [0.15, 0.2) is 48.5 Å². The second-order valence-electron chi connectivity index (χ2n) is 8.33. The Morgan fingerprint density at radius 3 is 2.49 bits per heavy atom. The van der Waals surface area contributed by atoms with Crippen molar-refractivity contribution >= 4 is 35.2 Å². The van der Waals surface area contributed by atoms with Crippen molar-refractivity contribution in [3.05, 3.63) is 69.8 Å². The standard InChI is InChI=1S/C23H23N5O7/c1-23(15-7-3-2-4-8-15)21(31)27(22(32)24-23)25-19(29)14-35-20(30)17-13-16(28(33)34)9-10-18(17)26-11-5-6-12-26/h2-4,7-10,13H,5-6,11-12,14H2,1H3,(H,24,32)(H,25,29)/t23-/m0/s1. The summed E-state index contributed by atoms with van der Waals surface area (Å²) in [6.45, 7) is 2.08. The Balaban J connectivity index is 1.43. The molecule has 4 rings (SSSR count). The summed E-state index contributed by atoms with van der Waals surface area (Å²) >= 11 is 0. The molecule has 0 unspecified atom stereocenters. The van der Waals surface area contributed by atoms with Gasteiger partial charge in [-0.1, -0.05) is 30.3 Å². The first-order valence-electron chi connectivity index (χ1n) is 10.9. The minimum atomic E-state index is -1.38. The van der Waals surface area contributed by atoms with Crippen molar-refractivity contribution < 1.29 is 28.8 Å². The molecule has 2 aliphatic rings. The second kappa shape index (κ2) is 9.41. The van der Waals surface area contributed by atoms with E-state index in [2.05, 4.69) is 10.7 Å². The molecule has 0 aliphatic carbocycles. The van der Waals surface area contributed by atoms with Gasteiger partial charge < -0.3 is 15.0 Å². The highest BCUT2D eigenvalue weighted by Crippen LogP contribution is 2.29. The number of hydrazine groups is 1. The number of hydrogen-bond donors (Lipinski definition) is 2. The van der Waals surface area contributed by atoms with E-state index < -0.39 is 40.9 Å². The lowest BCUT2D eigenvalue weighted by Gasteiger charge is -2.22. The zero-order valence-electron chi connectivity index (χ0n) is 18.9. The molecule has 0 bridgehead atoms. The van der Waals surface area contributed by atoms with Crippen molar-refractivity contribution in [2.24, 2.45) is 0 Å². The molecule has 182 valence electrons. The molecule has 2 heterocycles. The predicted octanol–water partition coefficient (Wildman–Crippen LogP) is 1.85. The summed E-state index contributed by atoms with van der Waals surface area (Å²) in [5.41, 5.74) is 1.45. The van der Waals surface area contributed by atoms with E-state index in [-0.39, 0.29) is 11.3 Å². The number of benzene rings is 2. The molecule has 2 aromatic rings. The molecule has 2 aliphatic heterocycles. The van der Waals surface area contributed by atoms with Crippen LogP contribution in [0.1, 0.15) is 35.7 Å². The van der Waals surface area contributed by atoms with E-state index >= 15 is 0 Å². The van der Waals surface area contributed by atoms with Gasteiger partial charge in [0.1, 0.15) is 5.54 Å². The molecule has 12 nitrogen and oxygen atoms in total. The van der Waals surface area contributed by atoms with E-state index in [1.807, 2.05) is 4.90 Å². The minimum absolute atomic E-state index is 0.0412. The van der Waals surface area contributed by atoms with Crippen LogP contribution >= 0.6 is 0 Å². The minimum Gasteiger partial charge on any atom is -0.452 e. The molecule has 0 radical (unpaired) electrons. The molecule has 12 heteroatoms. The van der Waals surface area contributed by atoms with Crippen LogP contribution in [0.5, 0.6) is 0 Å². The number of rotatable bonds is 7. The van der Waals surface area contributed by atoms with Crippen LogP contribution in [-0.2, 0) is 19.9 Å². The van der Waals surface area contributed by atoms with Gasteiger partial charge in [-0.15, -0.1) is 0 Å². The van der Waals surface area contributed by atoms with Gasteiger partial charge in [0.05, 0.1) is 16.2 Å². The number of imide groups is 1. The normalized spacial score (nSPS) is 19.5. The number of nitro benzene ring substituents is 1. The maximum Gasteiger partial charge on any atom is 0.344 e. The molecule has 4 amide bonds. The summed E-state index contributed by atoms with van der Waals surface area (Å²) in [6, 6.07) is 11.6. The Morgan fingerprint density at radius 1 is 1.14 bits per heavy atom. The maximum absolute atomic E-state index is 12.9. The van der Waals surface area contributed by atoms with Crippen LogP contribution in [0.2, 0.25) is 0 Å². The van der Waals surface area contributed by atoms with Crippen molar-refractivity contribution in [3.63, 3.8) is 0 Å². The molecular formula is C23H23N5O7. The number of nitro groups is 1. The Labute approximate surface area is 199 Å². The number of amides is 4. The predicted molar refractivity (Wildman–Crippen MR) is 122 cm³/mol. The van der Waals surface area contributed by atoms with Crippen molar-refractivity contribution in [3.8, 4) is 0 Å². The number of anilines is 1. The third kappa shape index (κ3) is 4.63. The molecule has 35 heavy (non-hydrogen) atoms. The monoisotopic (exact) mass is 481 g/mol. The van der Waals surface area contributed by atoms with E-state index in [0.29, 0.717) is 29.3 Å². The Bertz CT molecular complexity index is 1200. The summed E-state index contributed by atoms with van der Waals surface area (Å²) in [6.07, 6.45) is 1.84. The van der Waals surface area contributed by atoms with E-state index in [0.717, 1.165) is 18.9 Å². The first-order chi connectivity index (χ1) is 16.7. The van der Waals surface area contributed by atoms with Crippen LogP contribution in [0.4, 0.5) is 16.2 Å². The summed E-state index contributed by atoms with van der Waals surface area (Å²) in [4.78, 5) is 62.9. The number of esters is 1. The van der Waals surface area contributed by atoms with Gasteiger partial charge >= 0.3 is 12.0 Å². The van der Waals surface area contributed by atoms with Gasteiger partial charge in [0.15, 0.2) is 6.61 Å². The highest BCUT2D eigenvalue weighted by molar-refractivity contribution is 6.08. The Morgan fingerprint density at radius 2 is 1.83 bits per heavy atom. The van der Waals surface area contributed by atoms with E-state index in [1.165, 1.54) is 19.1 Å². The summed E-state index contributed by atoms with van der Waals surface area (Å²) in [5.74, 6) is -2.56. The number of non-ortho nitro benzene ring substituents is 1.